The van der Waals surface area contributed by atoms with Crippen molar-refractivity contribution >= 4 is 21.7 Å². The van der Waals surface area contributed by atoms with Crippen LogP contribution in [-0.4, -0.2) is 60.2 Å². The van der Waals surface area contributed by atoms with Gasteiger partial charge in [0.05, 0.1) is 17.1 Å². The van der Waals surface area contributed by atoms with Crippen LogP contribution in [0.25, 0.3) is 0 Å². The number of carbonyl (C=O) groups is 1. The van der Waals surface area contributed by atoms with Crippen LogP contribution in [0.1, 0.15) is 42.8 Å². The van der Waals surface area contributed by atoms with E-state index in [0.29, 0.717) is 36.8 Å². The number of carbonyl (C=O) groups excluding carboxylic acids is 1. The van der Waals surface area contributed by atoms with Gasteiger partial charge in [0.1, 0.15) is 17.5 Å². The summed E-state index contributed by atoms with van der Waals surface area (Å²) < 4.78 is 40.8. The molecule has 0 saturated carbocycles. The summed E-state index contributed by atoms with van der Waals surface area (Å²) in [6.45, 7) is 3.29. The Morgan fingerprint density at radius 3 is 2.61 bits per heavy atom. The molecule has 3 heterocycles. The second kappa shape index (κ2) is 8.51. The van der Waals surface area contributed by atoms with Gasteiger partial charge in [-0.2, -0.15) is 4.31 Å². The fraction of sp³-hybridized carbons (Fsp3) is 0.476. The second-order valence-electron chi connectivity index (χ2n) is 7.95. The van der Waals surface area contributed by atoms with E-state index < -0.39 is 15.8 Å². The Bertz CT molecular complexity index is 1090. The number of likely N-dealkylation sites (tertiary alicyclic amines) is 1. The number of anilines is 1. The minimum atomic E-state index is -3.77. The molecule has 31 heavy (non-hydrogen) atoms. The molecule has 1 fully saturated rings. The molecule has 4 rings (SSSR count). The van der Waals surface area contributed by atoms with Crippen molar-refractivity contribution in [1.29, 1.82) is 0 Å². The molecule has 0 radical (unpaired) electrons. The number of halogens is 1. The Balaban J connectivity index is 1.64. The Morgan fingerprint density at radius 2 is 1.94 bits per heavy atom. The number of piperidine rings is 1. The topological polar surface area (TPSA) is 95.5 Å². The molecule has 166 valence electrons. The number of aromatic nitrogens is 2. The molecule has 1 amide bonds. The molecule has 1 aromatic heterocycles. The number of amides is 1. The van der Waals surface area contributed by atoms with E-state index in [0.717, 1.165) is 37.1 Å². The number of hydrogen-bond donors (Lipinski definition) is 1. The van der Waals surface area contributed by atoms with E-state index >= 15 is 0 Å². The summed E-state index contributed by atoms with van der Waals surface area (Å²) in [5.41, 5.74) is 1.59. The fourth-order valence-corrected chi connectivity index (χ4v) is 5.65. The third-order valence-electron chi connectivity index (χ3n) is 5.97. The van der Waals surface area contributed by atoms with E-state index in [4.69, 9.17) is 9.97 Å². The fourth-order valence-electron chi connectivity index (χ4n) is 4.25. The zero-order valence-electron chi connectivity index (χ0n) is 17.6. The molecule has 0 aliphatic carbocycles. The van der Waals surface area contributed by atoms with Crippen molar-refractivity contribution in [3.8, 4) is 0 Å². The zero-order chi connectivity index (χ0) is 22.2. The van der Waals surface area contributed by atoms with Crippen molar-refractivity contribution in [2.24, 2.45) is 0 Å². The Morgan fingerprint density at radius 1 is 1.19 bits per heavy atom. The highest BCUT2D eigenvalue weighted by molar-refractivity contribution is 7.89. The summed E-state index contributed by atoms with van der Waals surface area (Å²) in [7, 11) is -1.98. The SMILES string of the molecule is CNc1nc(C2CCCN(C(C)=O)C2)nc2c1CCN(S(=O)(=O)c1ccc(F)cc1)C2. The first-order valence-corrected chi connectivity index (χ1v) is 11.8. The molecule has 1 aromatic carbocycles. The lowest BCUT2D eigenvalue weighted by molar-refractivity contribution is -0.130. The van der Waals surface area contributed by atoms with Gasteiger partial charge in [0.2, 0.25) is 15.9 Å². The molecular formula is C21H26FN5O3S. The maximum Gasteiger partial charge on any atom is 0.243 e. The van der Waals surface area contributed by atoms with E-state index in [2.05, 4.69) is 5.32 Å². The predicted octanol–water partition coefficient (Wildman–Crippen LogP) is 2.13. The van der Waals surface area contributed by atoms with Crippen molar-refractivity contribution < 1.29 is 17.6 Å². The molecule has 2 aromatic rings. The maximum atomic E-state index is 13.2. The van der Waals surface area contributed by atoms with Crippen LogP contribution in [0.4, 0.5) is 10.2 Å². The van der Waals surface area contributed by atoms with E-state index in [1.807, 2.05) is 0 Å². The molecule has 2 aliphatic heterocycles. The molecule has 1 saturated heterocycles. The van der Waals surface area contributed by atoms with Crippen LogP contribution in [-0.2, 0) is 27.8 Å². The van der Waals surface area contributed by atoms with Crippen LogP contribution in [0.3, 0.4) is 0 Å². The number of hydrogen-bond acceptors (Lipinski definition) is 6. The molecular weight excluding hydrogens is 421 g/mol. The van der Waals surface area contributed by atoms with Gasteiger partial charge in [0.25, 0.3) is 0 Å². The van der Waals surface area contributed by atoms with Crippen molar-refractivity contribution in [3.05, 3.63) is 47.2 Å². The lowest BCUT2D eigenvalue weighted by Gasteiger charge is -2.33. The molecule has 8 nitrogen and oxygen atoms in total. The van der Waals surface area contributed by atoms with Gasteiger partial charge < -0.3 is 10.2 Å². The summed E-state index contributed by atoms with van der Waals surface area (Å²) in [6.07, 6.45) is 2.24. The lowest BCUT2D eigenvalue weighted by Crippen LogP contribution is -2.39. The monoisotopic (exact) mass is 447 g/mol. The lowest BCUT2D eigenvalue weighted by atomic mass is 9.96. The van der Waals surface area contributed by atoms with E-state index in [9.17, 15) is 17.6 Å². The molecule has 0 spiro atoms. The molecule has 1 atom stereocenters. The number of rotatable bonds is 4. The summed E-state index contributed by atoms with van der Waals surface area (Å²) in [5, 5.41) is 3.12. The van der Waals surface area contributed by atoms with E-state index in [1.54, 1.807) is 18.9 Å². The van der Waals surface area contributed by atoms with Crippen LogP contribution in [0.15, 0.2) is 29.2 Å². The zero-order valence-corrected chi connectivity index (χ0v) is 18.5. The first-order valence-electron chi connectivity index (χ1n) is 10.4. The largest absolute Gasteiger partial charge is 0.373 e. The average Bonchev–Trinajstić information content (AvgIpc) is 2.78. The minimum absolute atomic E-state index is 0.0131. The number of benzene rings is 1. The van der Waals surface area contributed by atoms with Crippen LogP contribution in [0.2, 0.25) is 0 Å². The first kappa shape index (κ1) is 21.6. The molecule has 1 N–H and O–H groups in total. The standard InChI is InChI=1S/C21H26FN5O3S/c1-14(28)26-10-3-4-15(12-26)20-24-19-13-27(11-9-18(19)21(23-2)25-20)31(29,30)17-7-5-16(22)6-8-17/h5-8,15H,3-4,9-13H2,1-2H3,(H,23,24,25). The Hall–Kier alpha value is -2.59. The number of nitrogens with zero attached hydrogens (tertiary/aromatic N) is 4. The van der Waals surface area contributed by atoms with Gasteiger partial charge in [-0.05, 0) is 43.5 Å². The van der Waals surface area contributed by atoms with Crippen LogP contribution < -0.4 is 5.32 Å². The van der Waals surface area contributed by atoms with Crippen molar-refractivity contribution in [2.45, 2.75) is 43.5 Å². The average molecular weight is 448 g/mol. The summed E-state index contributed by atoms with van der Waals surface area (Å²) in [6, 6.07) is 4.86. The summed E-state index contributed by atoms with van der Waals surface area (Å²) >= 11 is 0. The van der Waals surface area contributed by atoms with Crippen molar-refractivity contribution in [3.63, 3.8) is 0 Å². The van der Waals surface area contributed by atoms with Crippen molar-refractivity contribution in [1.82, 2.24) is 19.2 Å². The first-order chi connectivity index (χ1) is 14.8. The number of sulfonamides is 1. The second-order valence-corrected chi connectivity index (χ2v) is 9.89. The smallest absolute Gasteiger partial charge is 0.243 e. The van der Waals surface area contributed by atoms with Crippen molar-refractivity contribution in [2.75, 3.05) is 32.0 Å². The number of fused-ring (bicyclic) bond motifs is 1. The maximum absolute atomic E-state index is 13.2. The van der Waals surface area contributed by atoms with Gasteiger partial charge in [-0.25, -0.2) is 22.8 Å². The normalized spacial score (nSPS) is 19.7. The van der Waals surface area contributed by atoms with Gasteiger partial charge in [0, 0.05) is 45.1 Å². The van der Waals surface area contributed by atoms with Gasteiger partial charge in [-0.3, -0.25) is 4.79 Å². The van der Waals surface area contributed by atoms with Crippen LogP contribution >= 0.6 is 0 Å². The highest BCUT2D eigenvalue weighted by Gasteiger charge is 2.32. The highest BCUT2D eigenvalue weighted by atomic mass is 32.2. The Labute approximate surface area is 181 Å². The third kappa shape index (κ3) is 4.27. The van der Waals surface area contributed by atoms with Gasteiger partial charge in [0.15, 0.2) is 0 Å². The van der Waals surface area contributed by atoms with Gasteiger partial charge >= 0.3 is 0 Å². The Kier molecular flexibility index (Phi) is 5.94. The quantitative estimate of drug-likeness (QED) is 0.772. The molecule has 0 bridgehead atoms. The summed E-state index contributed by atoms with van der Waals surface area (Å²) in [5.74, 6) is 0.909. The highest BCUT2D eigenvalue weighted by Crippen LogP contribution is 2.31. The number of nitrogens with one attached hydrogen (secondary N) is 1. The third-order valence-corrected chi connectivity index (χ3v) is 7.83. The van der Waals surface area contributed by atoms with E-state index in [-0.39, 0.29) is 23.3 Å². The van der Waals surface area contributed by atoms with E-state index in [1.165, 1.54) is 16.4 Å². The molecule has 1 unspecified atom stereocenters. The van der Waals surface area contributed by atoms with Gasteiger partial charge in [-0.1, -0.05) is 0 Å². The van der Waals surface area contributed by atoms with Gasteiger partial charge in [-0.15, -0.1) is 0 Å². The van der Waals surface area contributed by atoms with Crippen LogP contribution in [0, 0.1) is 5.82 Å². The summed E-state index contributed by atoms with van der Waals surface area (Å²) in [4.78, 5) is 23.1. The minimum Gasteiger partial charge on any atom is -0.373 e. The predicted molar refractivity (Wildman–Crippen MR) is 114 cm³/mol. The van der Waals surface area contributed by atoms with Crippen LogP contribution in [0.5, 0.6) is 0 Å². The molecule has 10 heteroatoms. The molecule has 2 aliphatic rings.